The van der Waals surface area contributed by atoms with Crippen molar-refractivity contribution in [3.63, 3.8) is 0 Å². The Hall–Kier alpha value is -3.34. The molecule has 3 N–H and O–H groups in total. The molecule has 4 rings (SSSR count). The smallest absolute Gasteiger partial charge is 0.274 e. The Bertz CT molecular complexity index is 1180. The molecule has 1 aromatic carbocycles. The number of sulfonamides is 1. The number of fused-ring (bicyclic) bond motifs is 2. The minimum Gasteiger partial charge on any atom is -0.495 e. The van der Waals surface area contributed by atoms with Crippen LogP contribution < -0.4 is 20.1 Å². The number of carbonyl (C=O) groups is 1. The molecule has 1 aromatic heterocycles. The minimum absolute atomic E-state index is 0.202. The molecule has 10 nitrogen and oxygen atoms in total. The van der Waals surface area contributed by atoms with Gasteiger partial charge in [0.1, 0.15) is 17.2 Å². The van der Waals surface area contributed by atoms with Gasteiger partial charge in [-0.15, -0.1) is 0 Å². The Kier molecular flexibility index (Phi) is 5.00. The second-order valence-corrected chi connectivity index (χ2v) is 9.58. The fraction of sp³-hybridized carbons (Fsp3) is 0.350. The molecule has 1 saturated heterocycles. The minimum atomic E-state index is -3.67. The van der Waals surface area contributed by atoms with Gasteiger partial charge in [0.15, 0.2) is 0 Å². The van der Waals surface area contributed by atoms with Crippen LogP contribution >= 0.6 is 0 Å². The van der Waals surface area contributed by atoms with E-state index < -0.39 is 21.5 Å². The highest BCUT2D eigenvalue weighted by molar-refractivity contribution is 7.89. The molecule has 0 bridgehead atoms. The highest BCUT2D eigenvalue weighted by Gasteiger charge is 2.48. The zero-order valence-electron chi connectivity index (χ0n) is 17.4. The summed E-state index contributed by atoms with van der Waals surface area (Å²) in [6.45, 7) is 2.08. The summed E-state index contributed by atoms with van der Waals surface area (Å²) in [7, 11) is -0.799. The number of guanidine groups is 1. The van der Waals surface area contributed by atoms with Gasteiger partial charge in [-0.2, -0.15) is 0 Å². The van der Waals surface area contributed by atoms with E-state index >= 15 is 0 Å². The number of anilines is 1. The van der Waals surface area contributed by atoms with Crippen molar-refractivity contribution in [2.75, 3.05) is 31.8 Å². The van der Waals surface area contributed by atoms with E-state index in [1.54, 1.807) is 31.2 Å². The Morgan fingerprint density at radius 2 is 2.16 bits per heavy atom. The van der Waals surface area contributed by atoms with Crippen LogP contribution in [0.4, 0.5) is 5.69 Å². The van der Waals surface area contributed by atoms with Crippen LogP contribution in [-0.4, -0.2) is 56.1 Å². The van der Waals surface area contributed by atoms with Crippen LogP contribution in [0.3, 0.4) is 0 Å². The number of aromatic nitrogens is 1. The number of aryl methyl sites for hydroxylation is 1. The van der Waals surface area contributed by atoms with E-state index in [0.717, 1.165) is 4.31 Å². The summed E-state index contributed by atoms with van der Waals surface area (Å²) in [6, 6.07) is 6.78. The number of hydrogen-bond donors (Lipinski definition) is 3. The molecule has 1 fully saturated rings. The molecule has 164 valence electrons. The molecule has 2 aliphatic rings. The first-order valence-electron chi connectivity index (χ1n) is 9.58. The fourth-order valence-electron chi connectivity index (χ4n) is 3.83. The van der Waals surface area contributed by atoms with Gasteiger partial charge >= 0.3 is 0 Å². The van der Waals surface area contributed by atoms with Crippen LogP contribution in [0.1, 0.15) is 28.0 Å². The molecule has 11 heteroatoms. The Morgan fingerprint density at radius 3 is 2.84 bits per heavy atom. The largest absolute Gasteiger partial charge is 0.495 e. The number of methoxy groups -OCH3 is 1. The summed E-state index contributed by atoms with van der Waals surface area (Å²) in [5.74, 6) is 0.252. The maximum Gasteiger partial charge on any atom is 0.274 e. The molecule has 0 saturated carbocycles. The van der Waals surface area contributed by atoms with Gasteiger partial charge in [0.05, 0.1) is 31.2 Å². The first kappa shape index (κ1) is 20.9. The standard InChI is InChI=1S/C20H23N5O5S/c1-12-8-14(29-3)10-22-17(12)18(26)23-13-4-5-16-15(9-13)20(6-7-30-16)11-31(27,28)25(2)19(21)24-20/h4-5,8-10H,6-7,11H2,1-3H3,(H2,21,24)(H,23,26)/t20-/m0/s1. The lowest BCUT2D eigenvalue weighted by molar-refractivity contribution is 0.102. The van der Waals surface area contributed by atoms with Crippen molar-refractivity contribution in [2.24, 2.45) is 0 Å². The number of pyridine rings is 1. The molecule has 2 aromatic rings. The topological polar surface area (TPSA) is 134 Å². The van der Waals surface area contributed by atoms with E-state index in [4.69, 9.17) is 14.9 Å². The van der Waals surface area contributed by atoms with E-state index in [0.29, 0.717) is 41.3 Å². The molecule has 31 heavy (non-hydrogen) atoms. The van der Waals surface area contributed by atoms with Gasteiger partial charge in [0.2, 0.25) is 16.0 Å². The highest BCUT2D eigenvalue weighted by atomic mass is 32.2. The third kappa shape index (κ3) is 3.65. The van der Waals surface area contributed by atoms with Crippen molar-refractivity contribution in [3.05, 3.63) is 47.3 Å². The lowest BCUT2D eigenvalue weighted by atomic mass is 9.85. The average Bonchev–Trinajstić information content (AvgIpc) is 2.72. The summed E-state index contributed by atoms with van der Waals surface area (Å²) in [4.78, 5) is 16.9. The fourth-order valence-corrected chi connectivity index (χ4v) is 5.35. The van der Waals surface area contributed by atoms with Gasteiger partial charge in [-0.3, -0.25) is 10.2 Å². The molecular weight excluding hydrogens is 422 g/mol. The number of amides is 1. The van der Waals surface area contributed by atoms with Gasteiger partial charge in [-0.25, -0.2) is 17.7 Å². The van der Waals surface area contributed by atoms with Crippen LogP contribution in [0.2, 0.25) is 0 Å². The zero-order valence-corrected chi connectivity index (χ0v) is 18.2. The third-order valence-corrected chi connectivity index (χ3v) is 7.44. The van der Waals surface area contributed by atoms with E-state index in [-0.39, 0.29) is 17.4 Å². The SMILES string of the molecule is COc1cnc(C(=O)Nc2ccc3c(c2)[C@]2(CCO3)CS(=O)(=O)N(C)C(=N)N2)c(C)c1. The van der Waals surface area contributed by atoms with E-state index in [2.05, 4.69) is 15.6 Å². The lowest BCUT2D eigenvalue weighted by Gasteiger charge is -2.45. The summed E-state index contributed by atoms with van der Waals surface area (Å²) in [5, 5.41) is 13.9. The average molecular weight is 446 g/mol. The molecule has 0 aliphatic carbocycles. The van der Waals surface area contributed by atoms with Gasteiger partial charge < -0.3 is 20.1 Å². The molecule has 0 radical (unpaired) electrons. The van der Waals surface area contributed by atoms with Crippen molar-refractivity contribution in [1.82, 2.24) is 14.6 Å². The predicted molar refractivity (Wildman–Crippen MR) is 114 cm³/mol. The van der Waals surface area contributed by atoms with Crippen LogP contribution in [0.15, 0.2) is 30.5 Å². The summed E-state index contributed by atoms with van der Waals surface area (Å²) >= 11 is 0. The van der Waals surface area contributed by atoms with Crippen molar-refractivity contribution in [1.29, 1.82) is 5.41 Å². The van der Waals surface area contributed by atoms with Crippen molar-refractivity contribution in [2.45, 2.75) is 18.9 Å². The zero-order chi connectivity index (χ0) is 22.4. The molecule has 1 amide bonds. The number of nitrogens with one attached hydrogen (secondary N) is 3. The van der Waals surface area contributed by atoms with Crippen LogP contribution in [0.25, 0.3) is 0 Å². The van der Waals surface area contributed by atoms with E-state index in [1.165, 1.54) is 20.4 Å². The quantitative estimate of drug-likeness (QED) is 0.651. The van der Waals surface area contributed by atoms with E-state index in [9.17, 15) is 13.2 Å². The van der Waals surface area contributed by atoms with Crippen molar-refractivity contribution < 1.29 is 22.7 Å². The van der Waals surface area contributed by atoms with Gasteiger partial charge in [-0.05, 0) is 36.8 Å². The van der Waals surface area contributed by atoms with E-state index in [1.807, 2.05) is 0 Å². The number of hydrogen-bond acceptors (Lipinski definition) is 7. The van der Waals surface area contributed by atoms with Crippen molar-refractivity contribution in [3.8, 4) is 11.5 Å². The Morgan fingerprint density at radius 1 is 1.39 bits per heavy atom. The molecular formula is C20H23N5O5S. The second kappa shape index (κ2) is 7.41. The molecule has 1 atom stereocenters. The normalized spacial score (nSPS) is 21.6. The Labute approximate surface area is 180 Å². The second-order valence-electron chi connectivity index (χ2n) is 7.58. The maximum atomic E-state index is 12.8. The van der Waals surface area contributed by atoms with Gasteiger partial charge in [-0.1, -0.05) is 0 Å². The predicted octanol–water partition coefficient (Wildman–Crippen LogP) is 1.43. The molecule has 0 unspecified atom stereocenters. The molecule has 2 aliphatic heterocycles. The molecule has 1 spiro atoms. The first-order chi connectivity index (χ1) is 14.6. The van der Waals surface area contributed by atoms with Gasteiger partial charge in [0, 0.05) is 24.7 Å². The van der Waals surface area contributed by atoms with Crippen LogP contribution in [0.5, 0.6) is 11.5 Å². The van der Waals surface area contributed by atoms with Crippen LogP contribution in [0, 0.1) is 12.3 Å². The number of rotatable bonds is 3. The monoisotopic (exact) mass is 445 g/mol. The number of carbonyl (C=O) groups excluding carboxylic acids is 1. The Balaban J connectivity index is 1.67. The summed E-state index contributed by atoms with van der Waals surface area (Å²) < 4.78 is 37.0. The lowest BCUT2D eigenvalue weighted by Crippen LogP contribution is -2.63. The highest BCUT2D eigenvalue weighted by Crippen LogP contribution is 2.41. The number of nitrogens with zero attached hydrogens (tertiary/aromatic N) is 2. The summed E-state index contributed by atoms with van der Waals surface area (Å²) in [5.41, 5.74) is 0.954. The first-order valence-corrected chi connectivity index (χ1v) is 11.2. The van der Waals surface area contributed by atoms with Crippen LogP contribution in [-0.2, 0) is 15.6 Å². The maximum absolute atomic E-state index is 12.8. The number of benzene rings is 1. The summed E-state index contributed by atoms with van der Waals surface area (Å²) in [6.07, 6.45) is 1.84. The third-order valence-electron chi connectivity index (χ3n) is 5.56. The molecule has 3 heterocycles. The van der Waals surface area contributed by atoms with Crippen molar-refractivity contribution >= 4 is 27.6 Å². The number of ether oxygens (including phenoxy) is 2. The van der Waals surface area contributed by atoms with Gasteiger partial charge in [0.25, 0.3) is 5.91 Å².